The first kappa shape index (κ1) is 29.3. The van der Waals surface area contributed by atoms with Gasteiger partial charge in [-0.2, -0.15) is 0 Å². The maximum atomic E-state index is 13.8. The number of nitrogens with two attached hydrogens (primary N) is 1. The second-order valence-corrected chi connectivity index (χ2v) is 12.4. The highest BCUT2D eigenvalue weighted by Gasteiger charge is 2.26. The summed E-state index contributed by atoms with van der Waals surface area (Å²) in [5.41, 5.74) is 7.44. The molecule has 0 aliphatic heterocycles. The highest BCUT2D eigenvalue weighted by Crippen LogP contribution is 2.34. The number of fused-ring (bicyclic) bond motifs is 1. The molecule has 1 heterocycles. The Morgan fingerprint density at radius 1 is 0.881 bits per heavy atom. The summed E-state index contributed by atoms with van der Waals surface area (Å²) in [4.78, 5) is 33.4. The van der Waals surface area contributed by atoms with Crippen LogP contribution in [0.2, 0.25) is 10.0 Å². The summed E-state index contributed by atoms with van der Waals surface area (Å²) in [7, 11) is -4.41. The summed E-state index contributed by atoms with van der Waals surface area (Å²) in [5, 5.41) is 3.85. The Balaban J connectivity index is 1.57. The van der Waals surface area contributed by atoms with Gasteiger partial charge in [0.1, 0.15) is 4.90 Å². The average molecular weight is 639 g/mol. The summed E-state index contributed by atoms with van der Waals surface area (Å²) < 4.78 is 30.1. The second kappa shape index (κ2) is 12.4. The second-order valence-electron chi connectivity index (χ2n) is 8.88. The van der Waals surface area contributed by atoms with Crippen LogP contribution in [0.15, 0.2) is 101 Å². The Morgan fingerprint density at radius 2 is 1.57 bits per heavy atom. The van der Waals surface area contributed by atoms with Crippen LogP contribution in [0, 0.1) is 0 Å². The quantitative estimate of drug-likeness (QED) is 0.162. The molecular weight excluding hydrogens is 617 g/mol. The van der Waals surface area contributed by atoms with Crippen LogP contribution in [0.5, 0.6) is 0 Å². The number of primary amides is 1. The van der Waals surface area contributed by atoms with Crippen LogP contribution in [-0.4, -0.2) is 36.0 Å². The number of rotatable bonds is 9. The molecule has 0 spiro atoms. The van der Waals surface area contributed by atoms with Gasteiger partial charge < -0.3 is 11.1 Å². The molecule has 5 aromatic rings. The number of benzene rings is 4. The largest absolute Gasteiger partial charge is 0.369 e. The van der Waals surface area contributed by atoms with Crippen molar-refractivity contribution in [2.45, 2.75) is 9.79 Å². The van der Waals surface area contributed by atoms with Gasteiger partial charge in [0.25, 0.3) is 15.9 Å². The van der Waals surface area contributed by atoms with Crippen molar-refractivity contribution in [1.82, 2.24) is 9.97 Å². The minimum absolute atomic E-state index is 0.0271. The molecule has 0 fully saturated rings. The van der Waals surface area contributed by atoms with Crippen molar-refractivity contribution in [2.75, 3.05) is 15.8 Å². The molecule has 212 valence electrons. The van der Waals surface area contributed by atoms with Crippen LogP contribution in [0.25, 0.3) is 22.2 Å². The van der Waals surface area contributed by atoms with E-state index < -0.39 is 21.8 Å². The average Bonchev–Trinajstić information content (AvgIpc) is 2.97. The molecule has 1 aromatic heterocycles. The highest BCUT2D eigenvalue weighted by atomic mass is 35.5. The number of hydrogen-bond acceptors (Lipinski definition) is 7. The predicted octanol–water partition coefficient (Wildman–Crippen LogP) is 6.23. The van der Waals surface area contributed by atoms with Crippen molar-refractivity contribution in [1.29, 1.82) is 0 Å². The first-order valence-electron chi connectivity index (χ1n) is 12.3. The Bertz CT molecular complexity index is 1920. The topological polar surface area (TPSA) is 144 Å². The third-order valence-corrected chi connectivity index (χ3v) is 9.06. The Hall–Kier alpha value is -4.16. The van der Waals surface area contributed by atoms with Gasteiger partial charge in [0.15, 0.2) is 0 Å². The first-order chi connectivity index (χ1) is 20.1. The van der Waals surface area contributed by atoms with E-state index in [9.17, 15) is 18.0 Å². The molecule has 0 atom stereocenters. The number of nitrogens with one attached hydrogen (secondary N) is 2. The van der Waals surface area contributed by atoms with Crippen molar-refractivity contribution in [3.05, 3.63) is 107 Å². The summed E-state index contributed by atoms with van der Waals surface area (Å²) in [5.74, 6) is -1.72. The number of sulfonamides is 1. The van der Waals surface area contributed by atoms with Gasteiger partial charge in [0.05, 0.1) is 27.5 Å². The molecule has 4 aromatic carbocycles. The van der Waals surface area contributed by atoms with Gasteiger partial charge in [0, 0.05) is 26.6 Å². The summed E-state index contributed by atoms with van der Waals surface area (Å²) in [6, 6.07) is 25.3. The Morgan fingerprint density at radius 3 is 2.29 bits per heavy atom. The first-order valence-corrected chi connectivity index (χ1v) is 15.5. The van der Waals surface area contributed by atoms with Gasteiger partial charge in [-0.25, -0.2) is 23.1 Å². The molecule has 0 saturated heterocycles. The lowest BCUT2D eigenvalue weighted by Crippen LogP contribution is -2.19. The van der Waals surface area contributed by atoms with E-state index in [0.717, 1.165) is 28.8 Å². The van der Waals surface area contributed by atoms with Crippen molar-refractivity contribution in [3.8, 4) is 11.3 Å². The third-order valence-electron chi connectivity index (χ3n) is 5.92. The summed E-state index contributed by atoms with van der Waals surface area (Å²) in [6.45, 7) is 0. The summed E-state index contributed by atoms with van der Waals surface area (Å²) >= 11 is 13.2. The fraction of sp³-hybridized carbons (Fsp3) is 0.0345. The van der Waals surface area contributed by atoms with Gasteiger partial charge in [-0.05, 0) is 42.5 Å². The minimum atomic E-state index is -4.41. The van der Waals surface area contributed by atoms with Crippen molar-refractivity contribution in [2.24, 2.45) is 5.73 Å². The molecule has 0 radical (unpaired) electrons. The predicted molar refractivity (Wildman–Crippen MR) is 167 cm³/mol. The SMILES string of the molecule is NC(=O)CSc1cc(Cl)c(C(=O)Nc2ccc(Cl)cc2)cc1S(=O)(=O)Nc1nc(-c2ccccc2)c2ccccc2n1. The zero-order valence-corrected chi connectivity index (χ0v) is 24.7. The number of amides is 2. The molecule has 4 N–H and O–H groups in total. The van der Waals surface area contributed by atoms with Gasteiger partial charge in [-0.1, -0.05) is 71.7 Å². The molecule has 0 aliphatic rings. The van der Waals surface area contributed by atoms with Gasteiger partial charge in [-0.3, -0.25) is 9.59 Å². The molecule has 9 nitrogen and oxygen atoms in total. The number of halogens is 2. The molecule has 0 aliphatic carbocycles. The maximum Gasteiger partial charge on any atom is 0.265 e. The third kappa shape index (κ3) is 6.66. The van der Waals surface area contributed by atoms with Crippen molar-refractivity contribution in [3.63, 3.8) is 0 Å². The smallest absolute Gasteiger partial charge is 0.265 e. The monoisotopic (exact) mass is 637 g/mol. The van der Waals surface area contributed by atoms with E-state index in [1.54, 1.807) is 36.4 Å². The molecule has 0 unspecified atom stereocenters. The van der Waals surface area contributed by atoms with Crippen LogP contribution in [-0.2, 0) is 14.8 Å². The molecule has 0 saturated carbocycles. The number of nitrogens with zero attached hydrogens (tertiary/aromatic N) is 2. The van der Waals surface area contributed by atoms with E-state index in [2.05, 4.69) is 20.0 Å². The van der Waals surface area contributed by atoms with Crippen LogP contribution in [0.3, 0.4) is 0 Å². The van der Waals surface area contributed by atoms with Crippen molar-refractivity contribution < 1.29 is 18.0 Å². The molecular formula is C29H21Cl2N5O4S2. The van der Waals surface area contributed by atoms with E-state index in [1.165, 1.54) is 6.07 Å². The van der Waals surface area contributed by atoms with Gasteiger partial charge in [-0.15, -0.1) is 11.8 Å². The highest BCUT2D eigenvalue weighted by molar-refractivity contribution is 8.01. The van der Waals surface area contributed by atoms with Crippen molar-refractivity contribution >= 4 is 79.3 Å². The van der Waals surface area contributed by atoms with Crippen LogP contribution < -0.4 is 15.8 Å². The lowest BCUT2D eigenvalue weighted by atomic mass is 10.1. The van der Waals surface area contributed by atoms with Crippen LogP contribution in [0.4, 0.5) is 11.6 Å². The number of carbonyl (C=O) groups is 2. The number of thioether (sulfide) groups is 1. The number of para-hydroxylation sites is 1. The van der Waals surface area contributed by atoms with E-state index >= 15 is 0 Å². The van der Waals surface area contributed by atoms with Gasteiger partial charge >= 0.3 is 0 Å². The maximum absolute atomic E-state index is 13.8. The van der Waals surface area contributed by atoms with Gasteiger partial charge in [0.2, 0.25) is 11.9 Å². The molecule has 5 rings (SSSR count). The fourth-order valence-electron chi connectivity index (χ4n) is 4.03. The molecule has 42 heavy (non-hydrogen) atoms. The number of carbonyl (C=O) groups excluding carboxylic acids is 2. The zero-order chi connectivity index (χ0) is 29.9. The normalized spacial score (nSPS) is 11.3. The number of anilines is 2. The van der Waals surface area contributed by atoms with E-state index in [1.807, 2.05) is 42.5 Å². The lowest BCUT2D eigenvalue weighted by molar-refractivity contribution is -0.115. The van der Waals surface area contributed by atoms with E-state index in [0.29, 0.717) is 21.9 Å². The number of hydrogen-bond donors (Lipinski definition) is 3. The molecule has 13 heteroatoms. The van der Waals surface area contributed by atoms with Crippen LogP contribution in [0.1, 0.15) is 10.4 Å². The fourth-order valence-corrected chi connectivity index (χ4v) is 6.71. The minimum Gasteiger partial charge on any atom is -0.369 e. The Kier molecular flexibility index (Phi) is 8.64. The number of aromatic nitrogens is 2. The van der Waals surface area contributed by atoms with E-state index in [-0.39, 0.29) is 32.1 Å². The zero-order valence-electron chi connectivity index (χ0n) is 21.5. The summed E-state index contributed by atoms with van der Waals surface area (Å²) in [6.07, 6.45) is 0. The van der Waals surface area contributed by atoms with Crippen LogP contribution >= 0.6 is 35.0 Å². The Labute approximate surface area is 255 Å². The van der Waals surface area contributed by atoms with E-state index in [4.69, 9.17) is 28.9 Å². The standard InChI is InChI=1S/C29H21Cl2N5O4S2/c30-18-10-12-19(13-11-18)33-28(38)21-14-25(24(15-22(21)31)41-16-26(32)37)42(39,40)36-29-34-23-9-5-4-8-20(23)27(35-29)17-6-2-1-3-7-17/h1-15H,16H2,(H2,32,37)(H,33,38)(H,34,35,36). The lowest BCUT2D eigenvalue weighted by Gasteiger charge is -2.15. The molecule has 2 amide bonds. The molecule has 0 bridgehead atoms.